The first-order chi connectivity index (χ1) is 7.54. The van der Waals surface area contributed by atoms with Crippen molar-refractivity contribution in [3.63, 3.8) is 0 Å². The third kappa shape index (κ3) is 8.72. The molecule has 2 nitrogen and oxygen atoms in total. The van der Waals surface area contributed by atoms with Crippen LogP contribution >= 0.6 is 11.3 Å². The van der Waals surface area contributed by atoms with Crippen LogP contribution in [0.15, 0.2) is 4.79 Å². The minimum Gasteiger partial charge on any atom is -0.306 e. The molecule has 0 aliphatic carbocycles. The molecule has 1 heterocycles. The molecular formula is C13H29NOS. The van der Waals surface area contributed by atoms with E-state index < -0.39 is 0 Å². The molecule has 0 spiro atoms. The Labute approximate surface area is 105 Å². The molecule has 0 N–H and O–H groups in total. The smallest absolute Gasteiger partial charge is 0.306 e. The lowest BCUT2D eigenvalue weighted by atomic mass is 10.4. The minimum atomic E-state index is 0.130. The SMILES string of the molecule is CC.CC.CCC.Cc1sc(=O)n(C)c1C. The topological polar surface area (TPSA) is 22.0 Å². The summed E-state index contributed by atoms with van der Waals surface area (Å²) in [5, 5.41) is 0. The van der Waals surface area contributed by atoms with E-state index in [4.69, 9.17) is 0 Å². The number of rotatable bonds is 0. The summed E-state index contributed by atoms with van der Waals surface area (Å²) in [6.45, 7) is 16.2. The van der Waals surface area contributed by atoms with E-state index in [1.807, 2.05) is 41.5 Å². The van der Waals surface area contributed by atoms with E-state index in [9.17, 15) is 4.79 Å². The number of nitrogens with zero attached hydrogens (tertiary/aromatic N) is 1. The maximum atomic E-state index is 10.8. The van der Waals surface area contributed by atoms with E-state index in [0.29, 0.717) is 0 Å². The van der Waals surface area contributed by atoms with Gasteiger partial charge < -0.3 is 4.57 Å². The Bertz CT molecular complexity index is 287. The van der Waals surface area contributed by atoms with Gasteiger partial charge in [0.25, 0.3) is 0 Å². The Morgan fingerprint density at radius 3 is 1.44 bits per heavy atom. The van der Waals surface area contributed by atoms with Gasteiger partial charge in [0.15, 0.2) is 0 Å². The van der Waals surface area contributed by atoms with E-state index in [2.05, 4.69) is 13.8 Å². The summed E-state index contributed by atoms with van der Waals surface area (Å²) in [7, 11) is 1.79. The lowest BCUT2D eigenvalue weighted by Crippen LogP contribution is -2.08. The highest BCUT2D eigenvalue weighted by Gasteiger charge is 2.00. The number of aromatic nitrogens is 1. The van der Waals surface area contributed by atoms with Crippen LogP contribution in [-0.2, 0) is 7.05 Å². The molecule has 0 radical (unpaired) electrons. The summed E-state index contributed by atoms with van der Waals surface area (Å²) in [6, 6.07) is 0. The van der Waals surface area contributed by atoms with Gasteiger partial charge in [-0.25, -0.2) is 0 Å². The van der Waals surface area contributed by atoms with Gasteiger partial charge in [0.1, 0.15) is 0 Å². The van der Waals surface area contributed by atoms with Crippen molar-refractivity contribution in [1.82, 2.24) is 4.57 Å². The fourth-order valence-corrected chi connectivity index (χ4v) is 1.47. The van der Waals surface area contributed by atoms with Gasteiger partial charge in [-0.05, 0) is 13.8 Å². The molecule has 98 valence electrons. The summed E-state index contributed by atoms with van der Waals surface area (Å²) in [5.41, 5.74) is 1.07. The maximum Gasteiger partial charge on any atom is 0.307 e. The van der Waals surface area contributed by atoms with E-state index in [-0.39, 0.29) is 4.87 Å². The van der Waals surface area contributed by atoms with Crippen LogP contribution in [0.25, 0.3) is 0 Å². The first kappa shape index (κ1) is 20.8. The van der Waals surface area contributed by atoms with Gasteiger partial charge in [-0.1, -0.05) is 59.3 Å². The van der Waals surface area contributed by atoms with Crippen molar-refractivity contribution in [1.29, 1.82) is 0 Å². The fourth-order valence-electron chi connectivity index (χ4n) is 0.646. The average molecular weight is 247 g/mol. The van der Waals surface area contributed by atoms with Crippen LogP contribution in [0.1, 0.15) is 58.5 Å². The zero-order valence-corrected chi connectivity index (χ0v) is 13.3. The molecule has 0 fully saturated rings. The van der Waals surface area contributed by atoms with Crippen molar-refractivity contribution in [2.45, 2.75) is 61.8 Å². The largest absolute Gasteiger partial charge is 0.307 e. The molecule has 0 unspecified atom stereocenters. The molecule has 0 aliphatic heterocycles. The molecule has 0 aromatic carbocycles. The highest BCUT2D eigenvalue weighted by atomic mass is 32.1. The van der Waals surface area contributed by atoms with Crippen LogP contribution in [0, 0.1) is 13.8 Å². The van der Waals surface area contributed by atoms with Crippen LogP contribution in [0.2, 0.25) is 0 Å². The molecule has 16 heavy (non-hydrogen) atoms. The molecule has 0 amide bonds. The lowest BCUT2D eigenvalue weighted by molar-refractivity contribution is 0.848. The first-order valence-electron chi connectivity index (χ1n) is 6.17. The number of thiazole rings is 1. The van der Waals surface area contributed by atoms with Gasteiger partial charge in [-0.2, -0.15) is 0 Å². The summed E-state index contributed by atoms with van der Waals surface area (Å²) in [4.78, 5) is 12.1. The van der Waals surface area contributed by atoms with Crippen LogP contribution in [0.5, 0.6) is 0 Å². The predicted octanol–water partition coefficient (Wildman–Crippen LogP) is 4.53. The molecule has 0 aliphatic rings. The Hall–Kier alpha value is -0.570. The molecule has 0 bridgehead atoms. The molecule has 0 saturated carbocycles. The highest BCUT2D eigenvalue weighted by molar-refractivity contribution is 7.09. The molecule has 0 atom stereocenters. The average Bonchev–Trinajstić information content (AvgIpc) is 2.52. The van der Waals surface area contributed by atoms with Gasteiger partial charge in [0.2, 0.25) is 0 Å². The standard InChI is InChI=1S/C6H9NOS.C3H8.2C2H6/c1-4-5(2)9-6(8)7(4)3;1-3-2;2*1-2/h1-3H3;3H2,1-2H3;2*1-2H3. The van der Waals surface area contributed by atoms with Crippen LogP contribution in [-0.4, -0.2) is 4.57 Å². The van der Waals surface area contributed by atoms with Crippen molar-refractivity contribution >= 4 is 11.3 Å². The molecular weight excluding hydrogens is 218 g/mol. The van der Waals surface area contributed by atoms with E-state index >= 15 is 0 Å². The first-order valence-corrected chi connectivity index (χ1v) is 6.99. The van der Waals surface area contributed by atoms with E-state index in [1.165, 1.54) is 17.8 Å². The quantitative estimate of drug-likeness (QED) is 0.660. The van der Waals surface area contributed by atoms with Gasteiger partial charge in [0, 0.05) is 17.6 Å². The van der Waals surface area contributed by atoms with Crippen molar-refractivity contribution in [2.24, 2.45) is 7.05 Å². The van der Waals surface area contributed by atoms with Crippen molar-refractivity contribution in [3.05, 3.63) is 20.2 Å². The normalized spacial score (nSPS) is 7.56. The maximum absolute atomic E-state index is 10.8. The third-order valence-electron chi connectivity index (χ3n) is 1.53. The number of hydrogen-bond donors (Lipinski definition) is 0. The lowest BCUT2D eigenvalue weighted by Gasteiger charge is -1.90. The predicted molar refractivity (Wildman–Crippen MR) is 77.7 cm³/mol. The monoisotopic (exact) mass is 247 g/mol. The summed E-state index contributed by atoms with van der Waals surface area (Å²) in [6.07, 6.45) is 1.25. The summed E-state index contributed by atoms with van der Waals surface area (Å²) in [5.74, 6) is 0. The third-order valence-corrected chi connectivity index (χ3v) is 2.58. The van der Waals surface area contributed by atoms with Crippen molar-refractivity contribution < 1.29 is 0 Å². The minimum absolute atomic E-state index is 0.130. The van der Waals surface area contributed by atoms with E-state index in [1.54, 1.807) is 11.6 Å². The van der Waals surface area contributed by atoms with Crippen LogP contribution in [0.4, 0.5) is 0 Å². The van der Waals surface area contributed by atoms with Crippen LogP contribution < -0.4 is 4.87 Å². The van der Waals surface area contributed by atoms with Crippen molar-refractivity contribution in [2.75, 3.05) is 0 Å². The Morgan fingerprint density at radius 1 is 1.06 bits per heavy atom. The van der Waals surface area contributed by atoms with Crippen molar-refractivity contribution in [3.8, 4) is 0 Å². The second kappa shape index (κ2) is 14.4. The zero-order chi connectivity index (χ0) is 13.7. The Morgan fingerprint density at radius 2 is 1.38 bits per heavy atom. The number of aryl methyl sites for hydroxylation is 1. The molecule has 0 saturated heterocycles. The Balaban J connectivity index is -0.000000206. The molecule has 1 aromatic rings. The highest BCUT2D eigenvalue weighted by Crippen LogP contribution is 2.06. The fraction of sp³-hybridized carbons (Fsp3) is 0.769. The molecule has 3 heteroatoms. The second-order valence-electron chi connectivity index (χ2n) is 2.78. The molecule has 1 rings (SSSR count). The summed E-state index contributed by atoms with van der Waals surface area (Å²) < 4.78 is 1.67. The Kier molecular flexibility index (Phi) is 18.8. The zero-order valence-electron chi connectivity index (χ0n) is 12.5. The number of hydrogen-bond acceptors (Lipinski definition) is 2. The van der Waals surface area contributed by atoms with E-state index in [0.717, 1.165) is 10.6 Å². The van der Waals surface area contributed by atoms with Gasteiger partial charge in [-0.3, -0.25) is 4.79 Å². The second-order valence-corrected chi connectivity index (χ2v) is 3.94. The van der Waals surface area contributed by atoms with Gasteiger partial charge >= 0.3 is 4.87 Å². The van der Waals surface area contributed by atoms with Crippen LogP contribution in [0.3, 0.4) is 0 Å². The summed E-state index contributed by atoms with van der Waals surface area (Å²) >= 11 is 1.30. The van der Waals surface area contributed by atoms with Gasteiger partial charge in [0.05, 0.1) is 0 Å². The molecule has 1 aromatic heterocycles. The van der Waals surface area contributed by atoms with Gasteiger partial charge in [-0.15, -0.1) is 0 Å².